The Morgan fingerprint density at radius 3 is 1.55 bits per heavy atom. The van der Waals surface area contributed by atoms with Crippen LogP contribution in [0.5, 0.6) is 11.5 Å². The summed E-state index contributed by atoms with van der Waals surface area (Å²) in [4.78, 5) is 24.8. The molecule has 0 aliphatic heterocycles. The van der Waals surface area contributed by atoms with E-state index in [0.717, 1.165) is 11.5 Å². The average molecular weight is 427 g/mol. The van der Waals surface area contributed by atoms with Crippen LogP contribution in [0.1, 0.15) is 55.3 Å². The zero-order valence-electron chi connectivity index (χ0n) is 19.1. The highest BCUT2D eigenvalue weighted by atomic mass is 16.5. The number of ether oxygens (including phenoxy) is 2. The molecule has 0 spiro atoms. The lowest BCUT2D eigenvalue weighted by atomic mass is 10.1. The molecule has 0 aliphatic carbocycles. The van der Waals surface area contributed by atoms with Gasteiger partial charge in [-0.3, -0.25) is 9.59 Å². The Balaban J connectivity index is 1.78. The molecule has 0 fully saturated rings. The Morgan fingerprint density at radius 2 is 1.13 bits per heavy atom. The molecule has 2 amide bonds. The molecular formula is C25H34N2O4. The SMILES string of the molecule is CC(C)COc1ccc(C(=O)NC[C@@H](C)NC(=O)c2ccc(OCC(C)C)cc2)cc1. The van der Waals surface area contributed by atoms with Gasteiger partial charge in [0.25, 0.3) is 11.8 Å². The van der Waals surface area contributed by atoms with Gasteiger partial charge in [0.05, 0.1) is 13.2 Å². The minimum absolute atomic E-state index is 0.191. The molecule has 0 saturated carbocycles. The molecule has 2 rings (SSSR count). The molecule has 0 unspecified atom stereocenters. The molecule has 168 valence electrons. The van der Waals surface area contributed by atoms with Crippen LogP contribution in [0, 0.1) is 11.8 Å². The van der Waals surface area contributed by atoms with E-state index in [1.807, 2.05) is 6.92 Å². The predicted octanol–water partition coefficient (Wildman–Crippen LogP) is 4.30. The number of hydrogen-bond acceptors (Lipinski definition) is 4. The van der Waals surface area contributed by atoms with Crippen LogP contribution in [0.15, 0.2) is 48.5 Å². The van der Waals surface area contributed by atoms with Crippen LogP contribution in [0.2, 0.25) is 0 Å². The Bertz CT molecular complexity index is 830. The van der Waals surface area contributed by atoms with E-state index in [9.17, 15) is 9.59 Å². The van der Waals surface area contributed by atoms with E-state index in [-0.39, 0.29) is 17.9 Å². The summed E-state index contributed by atoms with van der Waals surface area (Å²) in [5.41, 5.74) is 1.10. The van der Waals surface area contributed by atoms with Crippen molar-refractivity contribution in [2.75, 3.05) is 19.8 Å². The van der Waals surface area contributed by atoms with E-state index in [2.05, 4.69) is 38.3 Å². The van der Waals surface area contributed by atoms with Crippen LogP contribution in [0.25, 0.3) is 0 Å². The van der Waals surface area contributed by atoms with Crippen LogP contribution in [0.4, 0.5) is 0 Å². The van der Waals surface area contributed by atoms with E-state index in [0.29, 0.717) is 42.7 Å². The third kappa shape index (κ3) is 8.70. The minimum atomic E-state index is -0.220. The third-order valence-corrected chi connectivity index (χ3v) is 4.35. The van der Waals surface area contributed by atoms with Gasteiger partial charge in [0.2, 0.25) is 0 Å². The smallest absolute Gasteiger partial charge is 0.251 e. The third-order valence-electron chi connectivity index (χ3n) is 4.35. The minimum Gasteiger partial charge on any atom is -0.493 e. The normalized spacial score (nSPS) is 11.8. The lowest BCUT2D eigenvalue weighted by molar-refractivity contribution is 0.0912. The molecule has 2 aromatic rings. The number of amides is 2. The highest BCUT2D eigenvalue weighted by molar-refractivity contribution is 5.95. The lowest BCUT2D eigenvalue weighted by Gasteiger charge is -2.15. The summed E-state index contributed by atoms with van der Waals surface area (Å²) in [6, 6.07) is 13.9. The summed E-state index contributed by atoms with van der Waals surface area (Å²) in [5, 5.41) is 5.74. The zero-order valence-corrected chi connectivity index (χ0v) is 19.1. The van der Waals surface area contributed by atoms with Crippen LogP contribution >= 0.6 is 0 Å². The molecule has 0 bridgehead atoms. The first kappa shape index (κ1) is 24.3. The van der Waals surface area contributed by atoms with Crippen molar-refractivity contribution in [1.82, 2.24) is 10.6 Å². The van der Waals surface area contributed by atoms with E-state index in [4.69, 9.17) is 9.47 Å². The Morgan fingerprint density at radius 1 is 0.710 bits per heavy atom. The largest absolute Gasteiger partial charge is 0.493 e. The highest BCUT2D eigenvalue weighted by Crippen LogP contribution is 2.14. The number of benzene rings is 2. The standard InChI is InChI=1S/C25H34N2O4/c1-17(2)15-30-22-10-6-20(7-11-22)24(28)26-14-19(5)27-25(29)21-8-12-23(13-9-21)31-16-18(3)4/h6-13,17-19H,14-16H2,1-5H3,(H,26,28)(H,27,29)/t19-/m1/s1. The Labute approximate surface area is 185 Å². The fraction of sp³-hybridized carbons (Fsp3) is 0.440. The second-order valence-corrected chi connectivity index (χ2v) is 8.54. The van der Waals surface area contributed by atoms with Crippen molar-refractivity contribution in [3.8, 4) is 11.5 Å². The van der Waals surface area contributed by atoms with Crippen LogP contribution in [-0.4, -0.2) is 37.6 Å². The molecule has 6 nitrogen and oxygen atoms in total. The average Bonchev–Trinajstić information content (AvgIpc) is 2.75. The molecule has 2 N–H and O–H groups in total. The molecule has 2 aromatic carbocycles. The fourth-order valence-corrected chi connectivity index (χ4v) is 2.64. The first-order valence-corrected chi connectivity index (χ1v) is 10.8. The second kappa shape index (κ2) is 12.0. The molecule has 1 atom stereocenters. The van der Waals surface area contributed by atoms with Gasteiger partial charge in [0.15, 0.2) is 0 Å². The summed E-state index contributed by atoms with van der Waals surface area (Å²) >= 11 is 0. The monoisotopic (exact) mass is 426 g/mol. The fourth-order valence-electron chi connectivity index (χ4n) is 2.64. The maximum atomic E-state index is 12.4. The van der Waals surface area contributed by atoms with Gasteiger partial charge in [-0.2, -0.15) is 0 Å². The topological polar surface area (TPSA) is 76.7 Å². The number of carbonyl (C=O) groups excluding carboxylic acids is 2. The Kier molecular flexibility index (Phi) is 9.38. The molecule has 0 heterocycles. The molecule has 0 saturated heterocycles. The molecule has 6 heteroatoms. The maximum absolute atomic E-state index is 12.4. The summed E-state index contributed by atoms with van der Waals surface area (Å²) in [6.07, 6.45) is 0. The number of carbonyl (C=O) groups is 2. The van der Waals surface area contributed by atoms with Gasteiger partial charge >= 0.3 is 0 Å². The van der Waals surface area contributed by atoms with E-state index < -0.39 is 0 Å². The van der Waals surface area contributed by atoms with E-state index >= 15 is 0 Å². The van der Waals surface area contributed by atoms with Crippen LogP contribution in [-0.2, 0) is 0 Å². The van der Waals surface area contributed by atoms with Crippen molar-refractivity contribution in [2.45, 2.75) is 40.7 Å². The van der Waals surface area contributed by atoms with Crippen molar-refractivity contribution in [1.29, 1.82) is 0 Å². The van der Waals surface area contributed by atoms with Gasteiger partial charge in [-0.15, -0.1) is 0 Å². The molecule has 0 aromatic heterocycles. The highest BCUT2D eigenvalue weighted by Gasteiger charge is 2.12. The first-order chi connectivity index (χ1) is 14.7. The van der Waals surface area contributed by atoms with Gasteiger partial charge < -0.3 is 20.1 Å². The number of hydrogen-bond donors (Lipinski definition) is 2. The predicted molar refractivity (Wildman–Crippen MR) is 123 cm³/mol. The molecular weight excluding hydrogens is 392 g/mol. The van der Waals surface area contributed by atoms with Crippen molar-refractivity contribution >= 4 is 11.8 Å². The van der Waals surface area contributed by atoms with Crippen molar-refractivity contribution in [3.63, 3.8) is 0 Å². The summed E-state index contributed by atoms with van der Waals surface area (Å²) in [6.45, 7) is 11.8. The summed E-state index contributed by atoms with van der Waals surface area (Å²) in [7, 11) is 0. The quantitative estimate of drug-likeness (QED) is 0.562. The van der Waals surface area contributed by atoms with Gasteiger partial charge in [0.1, 0.15) is 11.5 Å². The van der Waals surface area contributed by atoms with E-state index in [1.165, 1.54) is 0 Å². The van der Waals surface area contributed by atoms with Crippen molar-refractivity contribution in [3.05, 3.63) is 59.7 Å². The van der Waals surface area contributed by atoms with Gasteiger partial charge in [-0.05, 0) is 67.3 Å². The molecule has 31 heavy (non-hydrogen) atoms. The first-order valence-electron chi connectivity index (χ1n) is 10.8. The Hall–Kier alpha value is -3.02. The second-order valence-electron chi connectivity index (χ2n) is 8.54. The van der Waals surface area contributed by atoms with Crippen LogP contribution in [0.3, 0.4) is 0 Å². The number of nitrogens with one attached hydrogen (secondary N) is 2. The van der Waals surface area contributed by atoms with Crippen molar-refractivity contribution < 1.29 is 19.1 Å². The summed E-state index contributed by atoms with van der Waals surface area (Å²) in [5.74, 6) is 1.98. The lowest BCUT2D eigenvalue weighted by Crippen LogP contribution is -2.41. The van der Waals surface area contributed by atoms with E-state index in [1.54, 1.807) is 48.5 Å². The van der Waals surface area contributed by atoms with Gasteiger partial charge in [-0.25, -0.2) is 0 Å². The number of rotatable bonds is 11. The van der Waals surface area contributed by atoms with Gasteiger partial charge in [0, 0.05) is 23.7 Å². The van der Waals surface area contributed by atoms with Crippen molar-refractivity contribution in [2.24, 2.45) is 11.8 Å². The van der Waals surface area contributed by atoms with Gasteiger partial charge in [-0.1, -0.05) is 27.7 Å². The molecule has 0 aliphatic rings. The van der Waals surface area contributed by atoms with Crippen LogP contribution < -0.4 is 20.1 Å². The zero-order chi connectivity index (χ0) is 22.8. The molecule has 0 radical (unpaired) electrons. The summed E-state index contributed by atoms with van der Waals surface area (Å²) < 4.78 is 11.3. The maximum Gasteiger partial charge on any atom is 0.251 e.